The third-order valence-corrected chi connectivity index (χ3v) is 6.42. The van der Waals surface area contributed by atoms with Crippen LogP contribution in [0.25, 0.3) is 11.0 Å². The van der Waals surface area contributed by atoms with Crippen molar-refractivity contribution >= 4 is 28.7 Å². The zero-order valence-electron chi connectivity index (χ0n) is 20.3. The first-order valence-electron chi connectivity index (χ1n) is 12.0. The second-order valence-corrected chi connectivity index (χ2v) is 9.23. The normalized spacial score (nSPS) is 12.9. The molecule has 0 saturated heterocycles. The van der Waals surface area contributed by atoms with E-state index in [-0.39, 0.29) is 19.6 Å². The number of aryl methyl sites for hydroxylation is 1. The molecule has 1 heterocycles. The molecule has 10 heteroatoms. The molecule has 0 radical (unpaired) electrons. The molecule has 3 aromatic carbocycles. The Kier molecular flexibility index (Phi) is 9.10. The van der Waals surface area contributed by atoms with Crippen molar-refractivity contribution in [3.63, 3.8) is 0 Å². The average molecular weight is 527 g/mol. The van der Waals surface area contributed by atoms with Gasteiger partial charge >= 0.3 is 0 Å². The highest BCUT2D eigenvalue weighted by atomic mass is 32.1. The lowest BCUT2D eigenvalue weighted by atomic mass is 10.0. The van der Waals surface area contributed by atoms with Crippen molar-refractivity contribution in [1.29, 1.82) is 0 Å². The van der Waals surface area contributed by atoms with Crippen molar-refractivity contribution in [2.24, 2.45) is 0 Å². The highest BCUT2D eigenvalue weighted by Gasteiger charge is 2.23. The number of ether oxygens (including phenoxy) is 1. The minimum atomic E-state index is -1.03. The number of benzene rings is 3. The van der Waals surface area contributed by atoms with Crippen LogP contribution in [0.4, 0.5) is 8.78 Å². The molecule has 0 bridgehead atoms. The number of carbonyl (C=O) groups excluding carboxylic acids is 1. The Morgan fingerprint density at radius 2 is 1.78 bits per heavy atom. The average Bonchev–Trinajstić information content (AvgIpc) is 3.36. The predicted molar refractivity (Wildman–Crippen MR) is 138 cm³/mol. The van der Waals surface area contributed by atoms with E-state index >= 15 is 0 Å². The summed E-state index contributed by atoms with van der Waals surface area (Å²) in [6.45, 7) is 2.43. The number of hydrogen-bond acceptors (Lipinski definition) is 7. The summed E-state index contributed by atoms with van der Waals surface area (Å²) in [4.78, 5) is 12.7. The Bertz CT molecular complexity index is 1330. The molecule has 3 N–H and O–H groups in total. The summed E-state index contributed by atoms with van der Waals surface area (Å²) in [5.41, 5.74) is 3.82. The van der Waals surface area contributed by atoms with E-state index in [1.54, 1.807) is 18.2 Å². The Labute approximate surface area is 217 Å². The van der Waals surface area contributed by atoms with E-state index in [1.807, 2.05) is 12.1 Å². The minimum absolute atomic E-state index is 0.0280. The first-order valence-corrected chi connectivity index (χ1v) is 12.7. The lowest BCUT2D eigenvalue weighted by Crippen LogP contribution is -2.49. The maximum atomic E-state index is 13.8. The molecule has 7 nitrogen and oxygen atoms in total. The highest BCUT2D eigenvalue weighted by Crippen LogP contribution is 2.23. The van der Waals surface area contributed by atoms with E-state index < -0.39 is 29.7 Å². The molecule has 0 unspecified atom stereocenters. The SMILES string of the molecule is CCc1cccc(CNC[C@H](O)[C@@H](Cc2cc(F)cc(F)c2)NC(=O)COc2cccc3nsnc23)c1. The smallest absolute Gasteiger partial charge is 0.258 e. The van der Waals surface area contributed by atoms with Crippen molar-refractivity contribution in [3.05, 3.63) is 89.0 Å². The van der Waals surface area contributed by atoms with E-state index in [4.69, 9.17) is 4.74 Å². The number of aliphatic hydroxyl groups is 1. The van der Waals surface area contributed by atoms with Crippen LogP contribution >= 0.6 is 11.7 Å². The highest BCUT2D eigenvalue weighted by molar-refractivity contribution is 7.00. The van der Waals surface area contributed by atoms with Gasteiger partial charge in [-0.1, -0.05) is 37.3 Å². The maximum Gasteiger partial charge on any atom is 0.258 e. The van der Waals surface area contributed by atoms with Gasteiger partial charge in [0.1, 0.15) is 28.4 Å². The maximum absolute atomic E-state index is 13.8. The molecule has 4 rings (SSSR count). The van der Waals surface area contributed by atoms with E-state index in [2.05, 4.69) is 38.4 Å². The van der Waals surface area contributed by atoms with Crippen LogP contribution in [0.1, 0.15) is 23.6 Å². The number of nitrogens with one attached hydrogen (secondary N) is 2. The van der Waals surface area contributed by atoms with Crippen LogP contribution in [0.2, 0.25) is 0 Å². The van der Waals surface area contributed by atoms with Gasteiger partial charge in [0.15, 0.2) is 6.61 Å². The molecule has 194 valence electrons. The molecule has 0 aliphatic carbocycles. The number of aromatic nitrogens is 2. The number of amides is 1. The molecule has 0 fully saturated rings. The van der Waals surface area contributed by atoms with Gasteiger partial charge in [-0.3, -0.25) is 4.79 Å². The van der Waals surface area contributed by atoms with Crippen molar-refractivity contribution in [3.8, 4) is 5.75 Å². The lowest BCUT2D eigenvalue weighted by Gasteiger charge is -2.25. The molecule has 37 heavy (non-hydrogen) atoms. The van der Waals surface area contributed by atoms with Crippen LogP contribution in [-0.2, 0) is 24.2 Å². The molecule has 2 atom stereocenters. The fourth-order valence-electron chi connectivity index (χ4n) is 4.02. The van der Waals surface area contributed by atoms with E-state index in [1.165, 1.54) is 17.7 Å². The Balaban J connectivity index is 1.40. The summed E-state index contributed by atoms with van der Waals surface area (Å²) in [5, 5.41) is 16.9. The summed E-state index contributed by atoms with van der Waals surface area (Å²) in [6.07, 6.45) is -0.0828. The van der Waals surface area contributed by atoms with Gasteiger partial charge in [0, 0.05) is 19.2 Å². The second kappa shape index (κ2) is 12.7. The van der Waals surface area contributed by atoms with Crippen molar-refractivity contribution in [1.82, 2.24) is 19.4 Å². The van der Waals surface area contributed by atoms with Gasteiger partial charge in [0.05, 0.1) is 23.9 Å². The van der Waals surface area contributed by atoms with Gasteiger partial charge in [-0.25, -0.2) is 8.78 Å². The zero-order chi connectivity index (χ0) is 26.2. The van der Waals surface area contributed by atoms with Crippen LogP contribution in [0, 0.1) is 11.6 Å². The summed E-state index contributed by atoms with van der Waals surface area (Å²) in [5.74, 6) is -1.52. The van der Waals surface area contributed by atoms with E-state index in [0.717, 1.165) is 29.8 Å². The quantitative estimate of drug-likeness (QED) is 0.260. The first kappa shape index (κ1) is 26.6. The number of fused-ring (bicyclic) bond motifs is 1. The third kappa shape index (κ3) is 7.51. The second-order valence-electron chi connectivity index (χ2n) is 8.70. The van der Waals surface area contributed by atoms with Crippen molar-refractivity contribution in [2.45, 2.75) is 38.5 Å². The molecule has 1 aromatic heterocycles. The number of nitrogens with zero attached hydrogens (tertiary/aromatic N) is 2. The summed E-state index contributed by atoms with van der Waals surface area (Å²) < 4.78 is 41.5. The fraction of sp³-hybridized carbons (Fsp3) is 0.296. The Morgan fingerprint density at radius 1 is 1.03 bits per heavy atom. The van der Waals surface area contributed by atoms with Gasteiger partial charge in [0.2, 0.25) is 0 Å². The van der Waals surface area contributed by atoms with Crippen LogP contribution in [0.15, 0.2) is 60.7 Å². The number of hydrogen-bond donors (Lipinski definition) is 3. The minimum Gasteiger partial charge on any atom is -0.481 e. The van der Waals surface area contributed by atoms with E-state index in [0.29, 0.717) is 28.9 Å². The lowest BCUT2D eigenvalue weighted by molar-refractivity contribution is -0.124. The number of carbonyl (C=O) groups is 1. The van der Waals surface area contributed by atoms with Gasteiger partial charge in [-0.2, -0.15) is 8.75 Å². The standard InChI is InChI=1S/C27H28F2N4O3S/c1-2-17-5-3-6-18(9-17)14-30-15-24(34)23(12-19-10-20(28)13-21(29)11-19)31-26(35)16-36-25-8-4-7-22-27(25)33-37-32-22/h3-11,13,23-24,30,34H,2,12,14-16H2,1H3,(H,31,35)/t23-,24+/m1/s1. The Morgan fingerprint density at radius 3 is 2.57 bits per heavy atom. The summed E-state index contributed by atoms with van der Waals surface area (Å²) >= 11 is 1.05. The molecule has 0 aliphatic rings. The topological polar surface area (TPSA) is 96.4 Å². The van der Waals surface area contributed by atoms with Crippen LogP contribution in [0.3, 0.4) is 0 Å². The monoisotopic (exact) mass is 526 g/mol. The molecular formula is C27H28F2N4O3S. The number of rotatable bonds is 12. The fourth-order valence-corrected chi connectivity index (χ4v) is 4.56. The van der Waals surface area contributed by atoms with Gasteiger partial charge < -0.3 is 20.5 Å². The van der Waals surface area contributed by atoms with Gasteiger partial charge in [-0.15, -0.1) is 0 Å². The first-order chi connectivity index (χ1) is 17.9. The molecular weight excluding hydrogens is 498 g/mol. The van der Waals surface area contributed by atoms with E-state index in [9.17, 15) is 18.7 Å². The molecule has 4 aromatic rings. The third-order valence-electron chi connectivity index (χ3n) is 5.88. The molecule has 0 saturated carbocycles. The van der Waals surface area contributed by atoms with Gasteiger partial charge in [-0.05, 0) is 53.8 Å². The van der Waals surface area contributed by atoms with Gasteiger partial charge in [0.25, 0.3) is 5.91 Å². The van der Waals surface area contributed by atoms with Crippen molar-refractivity contribution in [2.75, 3.05) is 13.2 Å². The van der Waals surface area contributed by atoms with Crippen LogP contribution < -0.4 is 15.4 Å². The molecule has 1 amide bonds. The Hall–Kier alpha value is -3.47. The zero-order valence-corrected chi connectivity index (χ0v) is 21.1. The molecule has 0 spiro atoms. The largest absolute Gasteiger partial charge is 0.481 e. The summed E-state index contributed by atoms with van der Waals surface area (Å²) in [6, 6.07) is 15.7. The molecule has 0 aliphatic heterocycles. The predicted octanol–water partition coefficient (Wildman–Crippen LogP) is 3.79. The van der Waals surface area contributed by atoms with Crippen LogP contribution in [0.5, 0.6) is 5.75 Å². The number of aliphatic hydroxyl groups excluding tert-OH is 1. The van der Waals surface area contributed by atoms with Crippen LogP contribution in [-0.4, -0.2) is 45.1 Å². The number of halogens is 2. The van der Waals surface area contributed by atoms with Crippen molar-refractivity contribution < 1.29 is 23.4 Å². The summed E-state index contributed by atoms with van der Waals surface area (Å²) in [7, 11) is 0.